The van der Waals surface area contributed by atoms with Crippen molar-refractivity contribution < 1.29 is 33.3 Å². The highest BCUT2D eigenvalue weighted by Crippen LogP contribution is 2.59. The molecule has 0 aromatic rings. The van der Waals surface area contributed by atoms with Crippen LogP contribution in [-0.2, 0) is 28.5 Å². The third kappa shape index (κ3) is 4.97. The van der Waals surface area contributed by atoms with Crippen molar-refractivity contribution in [1.82, 2.24) is 9.80 Å². The summed E-state index contributed by atoms with van der Waals surface area (Å²) in [5.74, 6) is 0.348. The average Bonchev–Trinajstić information content (AvgIpc) is 3.73. The van der Waals surface area contributed by atoms with E-state index in [2.05, 4.69) is 26.8 Å². The third-order valence-electron chi connectivity index (χ3n) is 8.53. The SMILES string of the molecule is COC1C(OC(=O)N2CC(CC(=O)N3CCOCC3)C2)CCC2(CO2)C1[C@@]1(C)O[C@@H]1CC=C(C)C. The summed E-state index contributed by atoms with van der Waals surface area (Å²) in [7, 11) is 1.69. The fraction of sp³-hybridized carbons (Fsp3) is 0.846. The maximum absolute atomic E-state index is 12.9. The summed E-state index contributed by atoms with van der Waals surface area (Å²) in [6.07, 6.45) is 4.27. The predicted octanol–water partition coefficient (Wildman–Crippen LogP) is 2.38. The van der Waals surface area contributed by atoms with Gasteiger partial charge in [-0.15, -0.1) is 0 Å². The molecule has 0 aromatic carbocycles. The lowest BCUT2D eigenvalue weighted by molar-refractivity contribution is -0.138. The van der Waals surface area contributed by atoms with Crippen LogP contribution in [0.2, 0.25) is 0 Å². The summed E-state index contributed by atoms with van der Waals surface area (Å²) in [5, 5.41) is 0. The summed E-state index contributed by atoms with van der Waals surface area (Å²) >= 11 is 0. The zero-order chi connectivity index (χ0) is 24.8. The monoisotopic (exact) mass is 492 g/mol. The molecule has 4 unspecified atom stereocenters. The zero-order valence-corrected chi connectivity index (χ0v) is 21.5. The molecule has 9 heteroatoms. The molecule has 6 atom stereocenters. The Kier molecular flexibility index (Phi) is 6.89. The molecular formula is C26H40N2O7. The molecule has 4 aliphatic heterocycles. The second-order valence-corrected chi connectivity index (χ2v) is 11.3. The van der Waals surface area contributed by atoms with E-state index in [9.17, 15) is 9.59 Å². The minimum atomic E-state index is -0.351. The molecule has 4 heterocycles. The molecule has 5 aliphatic rings. The van der Waals surface area contributed by atoms with E-state index in [1.54, 1.807) is 12.0 Å². The van der Waals surface area contributed by atoms with Gasteiger partial charge in [0.05, 0.1) is 31.8 Å². The van der Waals surface area contributed by atoms with Crippen LogP contribution in [0, 0.1) is 11.8 Å². The number of methoxy groups -OCH3 is 1. The molecule has 1 spiro atoms. The van der Waals surface area contributed by atoms with Gasteiger partial charge in [-0.25, -0.2) is 4.79 Å². The van der Waals surface area contributed by atoms with Crippen molar-refractivity contribution in [3.8, 4) is 0 Å². The van der Waals surface area contributed by atoms with Gasteiger partial charge >= 0.3 is 6.09 Å². The first-order valence-electron chi connectivity index (χ1n) is 13.0. The van der Waals surface area contributed by atoms with Crippen LogP contribution >= 0.6 is 0 Å². The highest BCUT2D eigenvalue weighted by Gasteiger charge is 2.72. The van der Waals surface area contributed by atoms with Crippen LogP contribution < -0.4 is 0 Å². The highest BCUT2D eigenvalue weighted by molar-refractivity contribution is 5.77. The highest BCUT2D eigenvalue weighted by atomic mass is 16.6. The number of carbonyl (C=O) groups excluding carboxylic acids is 2. The Morgan fingerprint density at radius 3 is 2.49 bits per heavy atom. The summed E-state index contributed by atoms with van der Waals surface area (Å²) in [6, 6.07) is 0. The molecule has 9 nitrogen and oxygen atoms in total. The number of hydrogen-bond acceptors (Lipinski definition) is 7. The number of rotatable bonds is 7. The van der Waals surface area contributed by atoms with Crippen LogP contribution in [0.4, 0.5) is 4.79 Å². The van der Waals surface area contributed by atoms with Crippen LogP contribution in [0.3, 0.4) is 0 Å². The van der Waals surface area contributed by atoms with Crippen molar-refractivity contribution in [2.75, 3.05) is 53.1 Å². The van der Waals surface area contributed by atoms with Crippen molar-refractivity contribution in [2.45, 2.75) is 76.0 Å². The van der Waals surface area contributed by atoms with E-state index in [4.69, 9.17) is 23.7 Å². The molecule has 1 saturated carbocycles. The number of ether oxygens (including phenoxy) is 5. The van der Waals surface area contributed by atoms with Crippen molar-refractivity contribution >= 4 is 12.0 Å². The first-order valence-corrected chi connectivity index (χ1v) is 13.0. The normalized spacial score (nSPS) is 38.6. The first kappa shape index (κ1) is 25.0. The Hall–Kier alpha value is -1.68. The van der Waals surface area contributed by atoms with Gasteiger partial charge in [0.1, 0.15) is 23.4 Å². The van der Waals surface area contributed by atoms with E-state index in [1.165, 1.54) is 5.57 Å². The van der Waals surface area contributed by atoms with Crippen LogP contribution in [0.15, 0.2) is 11.6 Å². The number of morpholine rings is 1. The molecule has 0 N–H and O–H groups in total. The molecule has 5 fully saturated rings. The summed E-state index contributed by atoms with van der Waals surface area (Å²) in [4.78, 5) is 29.0. The van der Waals surface area contributed by atoms with E-state index in [0.717, 1.165) is 12.8 Å². The van der Waals surface area contributed by atoms with Gasteiger partial charge in [-0.1, -0.05) is 11.6 Å². The van der Waals surface area contributed by atoms with Crippen molar-refractivity contribution in [3.05, 3.63) is 11.6 Å². The van der Waals surface area contributed by atoms with Gasteiger partial charge in [0.25, 0.3) is 0 Å². The lowest BCUT2D eigenvalue weighted by atomic mass is 9.68. The lowest BCUT2D eigenvalue weighted by Gasteiger charge is -2.44. The smallest absolute Gasteiger partial charge is 0.410 e. The Morgan fingerprint density at radius 2 is 1.86 bits per heavy atom. The van der Waals surface area contributed by atoms with Crippen LogP contribution in [-0.4, -0.2) is 104 Å². The minimum absolute atomic E-state index is 0.0115. The van der Waals surface area contributed by atoms with Gasteiger partial charge in [-0.2, -0.15) is 0 Å². The lowest BCUT2D eigenvalue weighted by Crippen LogP contribution is -2.58. The van der Waals surface area contributed by atoms with E-state index in [1.807, 2.05) is 4.90 Å². The standard InChI is InChI=1S/C26H40N2O7/c1-17(2)5-6-20-25(3,35-20)23-22(31-4)19(7-8-26(23)16-33-26)34-24(30)28-14-18(15-28)13-21(29)27-9-11-32-12-10-27/h5,18-20,22-23H,6-16H2,1-4H3/t19?,20-,22?,23?,25+,26?/m1/s1. The summed E-state index contributed by atoms with van der Waals surface area (Å²) < 4.78 is 29.5. The Morgan fingerprint density at radius 1 is 1.14 bits per heavy atom. The van der Waals surface area contributed by atoms with Crippen molar-refractivity contribution in [1.29, 1.82) is 0 Å². The van der Waals surface area contributed by atoms with Crippen LogP contribution in [0.25, 0.3) is 0 Å². The molecule has 4 saturated heterocycles. The Labute approximate surface area is 208 Å². The number of epoxide rings is 2. The zero-order valence-electron chi connectivity index (χ0n) is 21.5. The fourth-order valence-corrected chi connectivity index (χ4v) is 6.31. The topological polar surface area (TPSA) is 93.4 Å². The molecule has 0 aromatic heterocycles. The van der Waals surface area contributed by atoms with Gasteiger partial charge in [-0.05, 0) is 40.0 Å². The predicted molar refractivity (Wildman–Crippen MR) is 127 cm³/mol. The number of hydrogen-bond donors (Lipinski definition) is 0. The molecular weight excluding hydrogens is 452 g/mol. The molecule has 0 radical (unpaired) electrons. The Balaban J connectivity index is 1.15. The largest absolute Gasteiger partial charge is 0.443 e. The van der Waals surface area contributed by atoms with Gasteiger partial charge in [0.2, 0.25) is 5.91 Å². The average molecular weight is 493 g/mol. The number of nitrogens with zero attached hydrogens (tertiary/aromatic N) is 2. The molecule has 0 bridgehead atoms. The molecule has 5 rings (SSSR count). The van der Waals surface area contributed by atoms with E-state index >= 15 is 0 Å². The van der Waals surface area contributed by atoms with Crippen LogP contribution in [0.5, 0.6) is 0 Å². The van der Waals surface area contributed by atoms with Gasteiger partial charge < -0.3 is 33.5 Å². The second kappa shape index (κ2) is 9.65. The van der Waals surface area contributed by atoms with E-state index < -0.39 is 0 Å². The third-order valence-corrected chi connectivity index (χ3v) is 8.53. The summed E-state index contributed by atoms with van der Waals surface area (Å²) in [5.41, 5.74) is 0.689. The van der Waals surface area contributed by atoms with Crippen LogP contribution in [0.1, 0.15) is 46.5 Å². The van der Waals surface area contributed by atoms with Gasteiger partial charge in [-0.3, -0.25) is 4.79 Å². The van der Waals surface area contributed by atoms with Gasteiger partial charge in [0.15, 0.2) is 0 Å². The maximum Gasteiger partial charge on any atom is 0.410 e. The minimum Gasteiger partial charge on any atom is -0.443 e. The van der Waals surface area contributed by atoms with Crippen molar-refractivity contribution in [2.24, 2.45) is 11.8 Å². The number of carbonyl (C=O) groups is 2. The van der Waals surface area contributed by atoms with Crippen molar-refractivity contribution in [3.63, 3.8) is 0 Å². The van der Waals surface area contributed by atoms with E-state index in [-0.39, 0.29) is 53.4 Å². The Bertz CT molecular complexity index is 843. The molecule has 1 aliphatic carbocycles. The number of likely N-dealkylation sites (tertiary alicyclic amines) is 1. The molecule has 35 heavy (non-hydrogen) atoms. The maximum atomic E-state index is 12.9. The molecule has 2 amide bonds. The summed E-state index contributed by atoms with van der Waals surface area (Å²) in [6.45, 7) is 10.7. The molecule has 196 valence electrons. The quantitative estimate of drug-likeness (QED) is 0.398. The number of allylic oxidation sites excluding steroid dienone is 1. The van der Waals surface area contributed by atoms with E-state index in [0.29, 0.717) is 58.8 Å². The van der Waals surface area contributed by atoms with Gasteiger partial charge in [0, 0.05) is 45.6 Å². The first-order chi connectivity index (χ1) is 16.8. The number of amides is 2. The second-order valence-electron chi connectivity index (χ2n) is 11.3. The fourth-order valence-electron chi connectivity index (χ4n) is 6.31.